The maximum absolute atomic E-state index is 5.45. The van der Waals surface area contributed by atoms with E-state index in [-0.39, 0.29) is 5.60 Å². The molecule has 0 spiro atoms. The molecule has 0 radical (unpaired) electrons. The molecule has 0 saturated carbocycles. The molecule has 0 amide bonds. The Bertz CT molecular complexity index is 107. The molecule has 1 nitrogen and oxygen atoms in total. The largest absolute Gasteiger partial charge is 0.367 e. The van der Waals surface area contributed by atoms with Crippen LogP contribution in [-0.2, 0) is 4.74 Å². The Morgan fingerprint density at radius 3 is 2.30 bits per heavy atom. The summed E-state index contributed by atoms with van der Waals surface area (Å²) in [7, 11) is 0. The van der Waals surface area contributed by atoms with Crippen molar-refractivity contribution in [1.82, 2.24) is 0 Å². The van der Waals surface area contributed by atoms with Gasteiger partial charge in [-0.2, -0.15) is 0 Å². The van der Waals surface area contributed by atoms with Gasteiger partial charge in [0.05, 0.1) is 11.7 Å². The molecule has 1 heteroatoms. The Labute approximate surface area is 63.8 Å². The lowest BCUT2D eigenvalue weighted by atomic mass is 10.1. The number of rotatable bonds is 4. The van der Waals surface area contributed by atoms with E-state index in [9.17, 15) is 0 Å². The van der Waals surface area contributed by atoms with E-state index in [4.69, 9.17) is 4.74 Å². The van der Waals surface area contributed by atoms with Gasteiger partial charge in [0.15, 0.2) is 0 Å². The van der Waals surface area contributed by atoms with Gasteiger partial charge in [-0.3, -0.25) is 0 Å². The van der Waals surface area contributed by atoms with Gasteiger partial charge >= 0.3 is 0 Å². The summed E-state index contributed by atoms with van der Waals surface area (Å²) in [4.78, 5) is 0. The molecule has 0 bridgehead atoms. The van der Waals surface area contributed by atoms with Gasteiger partial charge in [-0.1, -0.05) is 26.2 Å². The van der Waals surface area contributed by atoms with Gasteiger partial charge in [-0.05, 0) is 20.3 Å². The first-order valence-corrected chi connectivity index (χ1v) is 4.34. The molecule has 0 aromatic carbocycles. The molecule has 1 heterocycles. The molecule has 1 rings (SSSR count). The number of ether oxygens (including phenoxy) is 1. The molecular formula is C9H18O. The second-order valence-corrected chi connectivity index (χ2v) is 3.71. The third-order valence-corrected chi connectivity index (χ3v) is 2.23. The van der Waals surface area contributed by atoms with Crippen LogP contribution in [0.3, 0.4) is 0 Å². The third-order valence-electron chi connectivity index (χ3n) is 2.23. The maximum Gasteiger partial charge on any atom is 0.0892 e. The molecule has 0 aromatic rings. The smallest absolute Gasteiger partial charge is 0.0892 e. The van der Waals surface area contributed by atoms with Gasteiger partial charge in [0.25, 0.3) is 0 Å². The van der Waals surface area contributed by atoms with Crippen molar-refractivity contribution in [1.29, 1.82) is 0 Å². The lowest BCUT2D eigenvalue weighted by Gasteiger charge is -1.95. The van der Waals surface area contributed by atoms with Crippen LogP contribution in [0.15, 0.2) is 0 Å². The highest BCUT2D eigenvalue weighted by Crippen LogP contribution is 2.38. The average Bonchev–Trinajstić information content (AvgIpc) is 2.41. The van der Waals surface area contributed by atoms with Gasteiger partial charge in [0, 0.05) is 0 Å². The average molecular weight is 142 g/mol. The molecule has 1 unspecified atom stereocenters. The van der Waals surface area contributed by atoms with Crippen molar-refractivity contribution in [2.24, 2.45) is 0 Å². The molecule has 10 heavy (non-hydrogen) atoms. The molecule has 0 aliphatic carbocycles. The second-order valence-electron chi connectivity index (χ2n) is 3.71. The lowest BCUT2D eigenvalue weighted by Crippen LogP contribution is -2.02. The highest BCUT2D eigenvalue weighted by molar-refractivity contribution is 4.94. The van der Waals surface area contributed by atoms with Crippen molar-refractivity contribution in [3.05, 3.63) is 0 Å². The van der Waals surface area contributed by atoms with Gasteiger partial charge in [0.1, 0.15) is 0 Å². The molecule has 1 fully saturated rings. The lowest BCUT2D eigenvalue weighted by molar-refractivity contribution is 0.318. The van der Waals surface area contributed by atoms with E-state index < -0.39 is 0 Å². The molecule has 1 saturated heterocycles. The van der Waals surface area contributed by atoms with Crippen molar-refractivity contribution in [2.45, 2.75) is 58.2 Å². The summed E-state index contributed by atoms with van der Waals surface area (Å²) in [6.45, 7) is 6.58. The SMILES string of the molecule is CCCCCC1OC1(C)C. The number of hydrogen-bond acceptors (Lipinski definition) is 1. The summed E-state index contributed by atoms with van der Waals surface area (Å²) in [6.07, 6.45) is 5.84. The van der Waals surface area contributed by atoms with Gasteiger partial charge < -0.3 is 4.74 Å². The fourth-order valence-electron chi connectivity index (χ4n) is 1.32. The van der Waals surface area contributed by atoms with E-state index in [1.165, 1.54) is 25.7 Å². The molecule has 60 valence electrons. The summed E-state index contributed by atoms with van der Waals surface area (Å²) in [5.74, 6) is 0. The highest BCUT2D eigenvalue weighted by Gasteiger charge is 2.46. The first-order valence-electron chi connectivity index (χ1n) is 4.34. The van der Waals surface area contributed by atoms with Crippen molar-refractivity contribution in [3.8, 4) is 0 Å². The zero-order chi connectivity index (χ0) is 7.61. The fourth-order valence-corrected chi connectivity index (χ4v) is 1.32. The van der Waals surface area contributed by atoms with Crippen molar-refractivity contribution < 1.29 is 4.74 Å². The van der Waals surface area contributed by atoms with Crippen LogP contribution in [0.4, 0.5) is 0 Å². The van der Waals surface area contributed by atoms with Crippen LogP contribution >= 0.6 is 0 Å². The fraction of sp³-hybridized carbons (Fsp3) is 1.00. The minimum absolute atomic E-state index is 0.216. The first-order chi connectivity index (χ1) is 4.67. The van der Waals surface area contributed by atoms with Crippen molar-refractivity contribution in [2.75, 3.05) is 0 Å². The highest BCUT2D eigenvalue weighted by atomic mass is 16.6. The standard InChI is InChI=1S/C9H18O/c1-4-5-6-7-8-9(2,3)10-8/h8H,4-7H2,1-3H3. The Morgan fingerprint density at radius 2 is 1.90 bits per heavy atom. The molecule has 0 N–H and O–H groups in total. The number of epoxide rings is 1. The van der Waals surface area contributed by atoms with Crippen molar-refractivity contribution in [3.63, 3.8) is 0 Å². The summed E-state index contributed by atoms with van der Waals surface area (Å²) in [5.41, 5.74) is 0.216. The van der Waals surface area contributed by atoms with Gasteiger partial charge in [-0.25, -0.2) is 0 Å². The Morgan fingerprint density at radius 1 is 1.30 bits per heavy atom. The summed E-state index contributed by atoms with van der Waals surface area (Å²) in [6, 6.07) is 0. The van der Waals surface area contributed by atoms with Crippen LogP contribution in [-0.4, -0.2) is 11.7 Å². The van der Waals surface area contributed by atoms with Crippen LogP contribution in [0.25, 0.3) is 0 Å². The normalized spacial score (nSPS) is 28.5. The van der Waals surface area contributed by atoms with Gasteiger partial charge in [0.2, 0.25) is 0 Å². The second kappa shape index (κ2) is 2.91. The predicted octanol–water partition coefficient (Wildman–Crippen LogP) is 2.74. The number of hydrogen-bond donors (Lipinski definition) is 0. The number of unbranched alkanes of at least 4 members (excludes halogenated alkanes) is 2. The maximum atomic E-state index is 5.45. The first kappa shape index (κ1) is 8.06. The summed E-state index contributed by atoms with van der Waals surface area (Å²) >= 11 is 0. The van der Waals surface area contributed by atoms with E-state index >= 15 is 0 Å². The van der Waals surface area contributed by atoms with E-state index in [0.29, 0.717) is 6.10 Å². The zero-order valence-corrected chi connectivity index (χ0v) is 7.31. The van der Waals surface area contributed by atoms with Crippen LogP contribution in [0.2, 0.25) is 0 Å². The Hall–Kier alpha value is -0.0400. The van der Waals surface area contributed by atoms with E-state index in [1.807, 2.05) is 0 Å². The minimum atomic E-state index is 0.216. The van der Waals surface area contributed by atoms with E-state index in [2.05, 4.69) is 20.8 Å². The quantitative estimate of drug-likeness (QED) is 0.434. The minimum Gasteiger partial charge on any atom is -0.367 e. The van der Waals surface area contributed by atoms with E-state index in [1.54, 1.807) is 0 Å². The Balaban J connectivity index is 1.97. The Kier molecular flexibility index (Phi) is 2.35. The predicted molar refractivity (Wildman–Crippen MR) is 43.1 cm³/mol. The monoisotopic (exact) mass is 142 g/mol. The van der Waals surface area contributed by atoms with Crippen LogP contribution in [0, 0.1) is 0 Å². The van der Waals surface area contributed by atoms with Crippen LogP contribution in [0.5, 0.6) is 0 Å². The van der Waals surface area contributed by atoms with Crippen LogP contribution < -0.4 is 0 Å². The van der Waals surface area contributed by atoms with Gasteiger partial charge in [-0.15, -0.1) is 0 Å². The third kappa shape index (κ3) is 1.98. The molecule has 1 atom stereocenters. The van der Waals surface area contributed by atoms with Crippen LogP contribution in [0.1, 0.15) is 46.5 Å². The molecule has 1 aliphatic rings. The molecule has 1 aliphatic heterocycles. The topological polar surface area (TPSA) is 12.5 Å². The summed E-state index contributed by atoms with van der Waals surface area (Å²) in [5, 5.41) is 0. The van der Waals surface area contributed by atoms with Crippen molar-refractivity contribution >= 4 is 0 Å². The molecule has 0 aromatic heterocycles. The van der Waals surface area contributed by atoms with E-state index in [0.717, 1.165) is 0 Å². The summed E-state index contributed by atoms with van der Waals surface area (Å²) < 4.78 is 5.45. The molecular weight excluding hydrogens is 124 g/mol. The zero-order valence-electron chi connectivity index (χ0n) is 7.31.